The number of rotatable bonds is 4. The standard InChI is InChI=1S/C18H20N2O6/c1-18(2)25-16(23)13(17(24)26-18)10-19-11-5-6-14(12(9-11)15(21)22)20-7-3-4-8-20/h5-6,9-10,19H,3-4,7-8H2,1-2H3,(H,21,22). The van der Waals surface area contributed by atoms with E-state index >= 15 is 0 Å². The Labute approximate surface area is 150 Å². The van der Waals surface area contributed by atoms with Gasteiger partial charge in [0, 0.05) is 38.8 Å². The highest BCUT2D eigenvalue weighted by Gasteiger charge is 2.38. The molecule has 1 aromatic carbocycles. The number of nitrogens with one attached hydrogen (secondary N) is 1. The van der Waals surface area contributed by atoms with E-state index in [9.17, 15) is 19.5 Å². The largest absolute Gasteiger partial charge is 0.478 e. The first-order valence-electron chi connectivity index (χ1n) is 8.32. The molecule has 3 rings (SSSR count). The Balaban J connectivity index is 1.82. The lowest BCUT2D eigenvalue weighted by molar-refractivity contribution is -0.222. The van der Waals surface area contributed by atoms with E-state index in [2.05, 4.69) is 5.32 Å². The normalized spacial score (nSPS) is 19.0. The Morgan fingerprint density at radius 1 is 1.19 bits per heavy atom. The topological polar surface area (TPSA) is 105 Å². The molecule has 2 aliphatic rings. The van der Waals surface area contributed by atoms with Crippen LogP contribution in [0.4, 0.5) is 11.4 Å². The molecule has 0 radical (unpaired) electrons. The van der Waals surface area contributed by atoms with Gasteiger partial charge in [-0.15, -0.1) is 0 Å². The average molecular weight is 360 g/mol. The number of carbonyl (C=O) groups is 3. The molecule has 0 aromatic heterocycles. The van der Waals surface area contributed by atoms with Crippen molar-refractivity contribution in [2.45, 2.75) is 32.5 Å². The zero-order chi connectivity index (χ0) is 18.9. The highest BCUT2D eigenvalue weighted by atomic mass is 16.7. The molecule has 1 aromatic rings. The van der Waals surface area contributed by atoms with Gasteiger partial charge in [-0.25, -0.2) is 14.4 Å². The molecule has 0 amide bonds. The maximum atomic E-state index is 11.9. The van der Waals surface area contributed by atoms with Crippen LogP contribution in [0.15, 0.2) is 30.0 Å². The van der Waals surface area contributed by atoms with E-state index in [1.807, 2.05) is 4.90 Å². The number of nitrogens with zero attached hydrogens (tertiary/aromatic N) is 1. The average Bonchev–Trinajstić information content (AvgIpc) is 3.07. The number of carboxylic acids is 1. The van der Waals surface area contributed by atoms with Crippen LogP contribution in [0.3, 0.4) is 0 Å². The molecule has 8 heteroatoms. The van der Waals surface area contributed by atoms with Crippen LogP contribution in [0.2, 0.25) is 0 Å². The lowest BCUT2D eigenvalue weighted by Crippen LogP contribution is -2.42. The number of esters is 2. The monoisotopic (exact) mass is 360 g/mol. The zero-order valence-corrected chi connectivity index (χ0v) is 14.6. The molecule has 26 heavy (non-hydrogen) atoms. The van der Waals surface area contributed by atoms with Crippen LogP contribution in [0, 0.1) is 0 Å². The van der Waals surface area contributed by atoms with Gasteiger partial charge in [-0.05, 0) is 31.0 Å². The van der Waals surface area contributed by atoms with Gasteiger partial charge < -0.3 is 24.8 Å². The molecule has 2 N–H and O–H groups in total. The Kier molecular flexibility index (Phi) is 4.58. The van der Waals surface area contributed by atoms with Crippen molar-refractivity contribution in [1.82, 2.24) is 0 Å². The summed E-state index contributed by atoms with van der Waals surface area (Å²) in [5.74, 6) is -3.95. The summed E-state index contributed by atoms with van der Waals surface area (Å²) >= 11 is 0. The molecule has 8 nitrogen and oxygen atoms in total. The smallest absolute Gasteiger partial charge is 0.350 e. The lowest BCUT2D eigenvalue weighted by atomic mass is 10.1. The molecular weight excluding hydrogens is 340 g/mol. The Morgan fingerprint density at radius 2 is 1.81 bits per heavy atom. The minimum Gasteiger partial charge on any atom is -0.478 e. The van der Waals surface area contributed by atoms with Crippen LogP contribution in [0.5, 0.6) is 0 Å². The molecule has 0 atom stereocenters. The summed E-state index contributed by atoms with van der Waals surface area (Å²) in [5, 5.41) is 12.3. The molecule has 0 aliphatic carbocycles. The number of carbonyl (C=O) groups excluding carboxylic acids is 2. The molecule has 0 bridgehead atoms. The predicted molar refractivity (Wildman–Crippen MR) is 92.8 cm³/mol. The number of aromatic carboxylic acids is 1. The van der Waals surface area contributed by atoms with Crippen LogP contribution in [0.1, 0.15) is 37.0 Å². The second-order valence-corrected chi connectivity index (χ2v) is 6.61. The molecular formula is C18H20N2O6. The Hall–Kier alpha value is -3.03. The Bertz CT molecular complexity index is 771. The third-order valence-electron chi connectivity index (χ3n) is 4.17. The summed E-state index contributed by atoms with van der Waals surface area (Å²) in [5.41, 5.74) is 0.963. The van der Waals surface area contributed by atoms with Crippen LogP contribution in [-0.2, 0) is 19.1 Å². The van der Waals surface area contributed by atoms with Gasteiger partial charge in [0.05, 0.1) is 11.3 Å². The van der Waals surface area contributed by atoms with Crippen LogP contribution >= 0.6 is 0 Å². The van der Waals surface area contributed by atoms with Gasteiger partial charge in [0.1, 0.15) is 0 Å². The molecule has 0 saturated carbocycles. The van der Waals surface area contributed by atoms with Gasteiger partial charge >= 0.3 is 17.9 Å². The van der Waals surface area contributed by atoms with E-state index in [0.717, 1.165) is 32.1 Å². The fourth-order valence-corrected chi connectivity index (χ4v) is 2.96. The Morgan fingerprint density at radius 3 is 2.38 bits per heavy atom. The van der Waals surface area contributed by atoms with Crippen molar-refractivity contribution in [1.29, 1.82) is 0 Å². The molecule has 138 valence electrons. The maximum absolute atomic E-state index is 11.9. The van der Waals surface area contributed by atoms with Crippen molar-refractivity contribution < 1.29 is 29.0 Å². The molecule has 0 spiro atoms. The summed E-state index contributed by atoms with van der Waals surface area (Å²) in [7, 11) is 0. The van der Waals surface area contributed by atoms with Gasteiger partial charge in [0.2, 0.25) is 0 Å². The summed E-state index contributed by atoms with van der Waals surface area (Å²) in [4.78, 5) is 37.5. The van der Waals surface area contributed by atoms with Crippen molar-refractivity contribution in [2.24, 2.45) is 0 Å². The van der Waals surface area contributed by atoms with Gasteiger partial charge in [0.15, 0.2) is 5.57 Å². The van der Waals surface area contributed by atoms with Gasteiger partial charge in [0.25, 0.3) is 5.79 Å². The van der Waals surface area contributed by atoms with E-state index in [1.54, 1.807) is 12.1 Å². The van der Waals surface area contributed by atoms with E-state index in [0.29, 0.717) is 11.4 Å². The SMILES string of the molecule is CC1(C)OC(=O)C(=CNc2ccc(N3CCCC3)c(C(=O)O)c2)C(=O)O1. The van der Waals surface area contributed by atoms with E-state index in [1.165, 1.54) is 19.9 Å². The highest BCUT2D eigenvalue weighted by molar-refractivity contribution is 6.15. The summed E-state index contributed by atoms with van der Waals surface area (Å²) < 4.78 is 10.0. The lowest BCUT2D eigenvalue weighted by Gasteiger charge is -2.29. The fourth-order valence-electron chi connectivity index (χ4n) is 2.96. The molecule has 0 unspecified atom stereocenters. The van der Waals surface area contributed by atoms with Crippen molar-refractivity contribution in [2.75, 3.05) is 23.3 Å². The van der Waals surface area contributed by atoms with E-state index in [-0.39, 0.29) is 11.1 Å². The zero-order valence-electron chi connectivity index (χ0n) is 14.6. The second-order valence-electron chi connectivity index (χ2n) is 6.61. The number of hydrogen-bond acceptors (Lipinski definition) is 7. The number of cyclic esters (lactones) is 2. The maximum Gasteiger partial charge on any atom is 0.350 e. The highest BCUT2D eigenvalue weighted by Crippen LogP contribution is 2.28. The van der Waals surface area contributed by atoms with E-state index in [4.69, 9.17) is 9.47 Å². The van der Waals surface area contributed by atoms with Crippen LogP contribution in [-0.4, -0.2) is 41.9 Å². The van der Waals surface area contributed by atoms with Crippen molar-refractivity contribution in [3.8, 4) is 0 Å². The van der Waals surface area contributed by atoms with Crippen molar-refractivity contribution in [3.05, 3.63) is 35.5 Å². The first kappa shape index (κ1) is 17.8. The minimum absolute atomic E-state index is 0.158. The third-order valence-corrected chi connectivity index (χ3v) is 4.17. The summed E-state index contributed by atoms with van der Waals surface area (Å²) in [6.07, 6.45) is 3.23. The number of carboxylic acid groups (broad SMARTS) is 1. The second kappa shape index (κ2) is 6.70. The van der Waals surface area contributed by atoms with Crippen molar-refractivity contribution >= 4 is 29.3 Å². The molecule has 2 heterocycles. The number of ether oxygens (including phenoxy) is 2. The quantitative estimate of drug-likeness (QED) is 0.478. The van der Waals surface area contributed by atoms with Crippen molar-refractivity contribution in [3.63, 3.8) is 0 Å². The molecule has 2 saturated heterocycles. The minimum atomic E-state index is -1.31. The van der Waals surface area contributed by atoms with Gasteiger partial charge in [-0.3, -0.25) is 0 Å². The summed E-state index contributed by atoms with van der Waals surface area (Å²) in [6.45, 7) is 4.57. The van der Waals surface area contributed by atoms with Crippen LogP contribution < -0.4 is 10.2 Å². The number of benzene rings is 1. The van der Waals surface area contributed by atoms with Gasteiger partial charge in [-0.1, -0.05) is 0 Å². The van der Waals surface area contributed by atoms with Crippen LogP contribution in [0.25, 0.3) is 0 Å². The predicted octanol–water partition coefficient (Wildman–Crippen LogP) is 2.12. The molecule has 2 fully saturated rings. The summed E-state index contributed by atoms with van der Waals surface area (Å²) in [6, 6.07) is 4.88. The first-order chi connectivity index (χ1) is 12.3. The van der Waals surface area contributed by atoms with E-state index < -0.39 is 23.7 Å². The third kappa shape index (κ3) is 3.63. The fraction of sp³-hybridized carbons (Fsp3) is 0.389. The number of hydrogen-bond donors (Lipinski definition) is 2. The van der Waals surface area contributed by atoms with Gasteiger partial charge in [-0.2, -0.15) is 0 Å². The first-order valence-corrected chi connectivity index (χ1v) is 8.32. The molecule has 2 aliphatic heterocycles. The number of anilines is 2.